The lowest BCUT2D eigenvalue weighted by molar-refractivity contribution is -0.146. The second kappa shape index (κ2) is 21.1. The number of carbonyl (C=O) groups is 2. The van der Waals surface area contributed by atoms with Gasteiger partial charge in [-0.3, -0.25) is 0 Å². The third-order valence-corrected chi connectivity index (χ3v) is 12.1. The van der Waals surface area contributed by atoms with Crippen molar-refractivity contribution in [2.24, 2.45) is 0 Å². The highest BCUT2D eigenvalue weighted by molar-refractivity contribution is 6.32. The Morgan fingerprint density at radius 2 is 0.870 bits per heavy atom. The van der Waals surface area contributed by atoms with Crippen LogP contribution < -0.4 is 48.1 Å². The molecule has 3 heterocycles. The van der Waals surface area contributed by atoms with Crippen LogP contribution in [0.25, 0.3) is 0 Å². The number of carboxylic acids is 2. The Bertz CT molecular complexity index is 2880. The van der Waals surface area contributed by atoms with Gasteiger partial charge in [-0.25, -0.2) is 9.59 Å². The molecule has 14 nitrogen and oxygen atoms in total. The van der Waals surface area contributed by atoms with E-state index >= 15 is 0 Å². The zero-order valence-corrected chi connectivity index (χ0v) is 38.6. The molecule has 2 unspecified atom stereocenters. The van der Waals surface area contributed by atoms with E-state index < -0.39 is 24.1 Å². The summed E-state index contributed by atoms with van der Waals surface area (Å²) in [7, 11) is 0. The van der Waals surface area contributed by atoms with Gasteiger partial charge in [0.1, 0.15) is 11.5 Å². The van der Waals surface area contributed by atoms with Gasteiger partial charge in [0, 0.05) is 75.4 Å². The van der Waals surface area contributed by atoms with Crippen molar-refractivity contribution in [2.45, 2.75) is 31.8 Å². The second-order valence-electron chi connectivity index (χ2n) is 15.6. The van der Waals surface area contributed by atoms with Crippen LogP contribution in [-0.4, -0.2) is 42.5 Å². The van der Waals surface area contributed by atoms with E-state index in [0.717, 1.165) is 28.1 Å². The Balaban J connectivity index is 0.000000181. The van der Waals surface area contributed by atoms with Crippen LogP contribution in [0.15, 0.2) is 146 Å². The number of anilines is 2. The van der Waals surface area contributed by atoms with Crippen LogP contribution in [0.1, 0.15) is 40.0 Å². The fraction of sp³-hybridized carbons (Fsp3) is 0.154. The number of hydrogen-bond acceptors (Lipinski definition) is 12. The minimum Gasteiger partial charge on any atom is -0.478 e. The number of carboxylic acid groups (broad SMARTS) is 2. The highest BCUT2D eigenvalue weighted by atomic mass is 35.5. The maximum atomic E-state index is 11.9. The van der Waals surface area contributed by atoms with Gasteiger partial charge in [-0.2, -0.15) is 0 Å². The lowest BCUT2D eigenvalue weighted by atomic mass is 10.1. The molecule has 7 aromatic rings. The monoisotopic (exact) mass is 990 g/mol. The van der Waals surface area contributed by atoms with E-state index in [1.807, 2.05) is 54.6 Å². The first-order valence-electron chi connectivity index (χ1n) is 21.4. The molecule has 3 N–H and O–H groups in total. The summed E-state index contributed by atoms with van der Waals surface area (Å²) in [6.45, 7) is 1.83. The third kappa shape index (κ3) is 11.2. The van der Waals surface area contributed by atoms with Gasteiger partial charge in [-0.1, -0.05) is 95.5 Å². The minimum atomic E-state index is -1.14. The van der Waals surface area contributed by atoms with Gasteiger partial charge < -0.3 is 58.3 Å². The first-order valence-corrected chi connectivity index (χ1v) is 22.5. The third-order valence-electron chi connectivity index (χ3n) is 11.0. The summed E-state index contributed by atoms with van der Waals surface area (Å²) in [5.41, 5.74) is 5.36. The number of fused-ring (bicyclic) bond motifs is 3. The van der Waals surface area contributed by atoms with Gasteiger partial charge in [0.15, 0.2) is 34.5 Å². The Labute approximate surface area is 410 Å². The van der Waals surface area contributed by atoms with Crippen molar-refractivity contribution in [1.82, 2.24) is 0 Å². The summed E-state index contributed by atoms with van der Waals surface area (Å²) in [6.07, 6.45) is -2.20. The lowest BCUT2D eigenvalue weighted by Crippen LogP contribution is -2.22. The first-order chi connectivity index (χ1) is 33.5. The Morgan fingerprint density at radius 1 is 0.507 bits per heavy atom. The molecule has 0 aliphatic carbocycles. The fourth-order valence-corrected chi connectivity index (χ4v) is 8.19. The molecule has 7 aromatic carbocycles. The van der Waals surface area contributed by atoms with E-state index in [9.17, 15) is 19.8 Å². The number of nitrogens with one attached hydrogen (secondary N) is 1. The van der Waals surface area contributed by atoms with Gasteiger partial charge in [0.05, 0.1) is 0 Å². The van der Waals surface area contributed by atoms with Crippen LogP contribution in [0.5, 0.6) is 46.0 Å². The fourth-order valence-electron chi connectivity index (χ4n) is 7.54. The molecule has 352 valence electrons. The summed E-state index contributed by atoms with van der Waals surface area (Å²) in [5.74, 6) is 2.55. The second-order valence-corrected chi connectivity index (χ2v) is 16.8. The average molecular weight is 992 g/mol. The summed E-state index contributed by atoms with van der Waals surface area (Å²) >= 11 is 19.5. The van der Waals surface area contributed by atoms with Crippen LogP contribution in [0, 0.1) is 0 Å². The molecule has 69 heavy (non-hydrogen) atoms. The van der Waals surface area contributed by atoms with E-state index in [-0.39, 0.29) is 20.4 Å². The Morgan fingerprint density at radius 3 is 1.28 bits per heavy atom. The van der Waals surface area contributed by atoms with Crippen molar-refractivity contribution in [2.75, 3.05) is 30.6 Å². The molecule has 3 aliphatic heterocycles. The van der Waals surface area contributed by atoms with E-state index in [4.69, 9.17) is 72.7 Å². The van der Waals surface area contributed by atoms with Crippen molar-refractivity contribution in [1.29, 1.82) is 0 Å². The van der Waals surface area contributed by atoms with Crippen LogP contribution in [0.4, 0.5) is 11.4 Å². The SMILES string of the molecule is O=C(O)C(Oc1ccc(N(Cc2cc3c(cc2Cl)OCO3)Cc2cc3c(cc2Cl)OCO3)cc1)c1ccccc1.O=C(O)C(Oc1ccc(NCc2cc3c(cc2Cl)OCO3)cc1)c1ccccc1. The van der Waals surface area contributed by atoms with E-state index in [0.29, 0.717) is 91.8 Å². The normalized spacial score (nSPS) is 13.4. The van der Waals surface area contributed by atoms with Crippen LogP contribution in [0.3, 0.4) is 0 Å². The van der Waals surface area contributed by atoms with Gasteiger partial charge in [-0.05, 0) is 83.4 Å². The van der Waals surface area contributed by atoms with E-state index in [1.54, 1.807) is 91.0 Å². The maximum Gasteiger partial charge on any atom is 0.349 e. The van der Waals surface area contributed by atoms with E-state index in [2.05, 4.69) is 10.2 Å². The quantitative estimate of drug-likeness (QED) is 0.0838. The molecule has 0 bridgehead atoms. The van der Waals surface area contributed by atoms with Crippen molar-refractivity contribution < 1.29 is 57.7 Å². The predicted octanol–water partition coefficient (Wildman–Crippen LogP) is 11.7. The Hall–Kier alpha value is -7.65. The van der Waals surface area contributed by atoms with Gasteiger partial charge in [0.2, 0.25) is 32.6 Å². The van der Waals surface area contributed by atoms with Gasteiger partial charge >= 0.3 is 11.9 Å². The number of aliphatic carboxylic acids is 2. The number of nitrogens with zero attached hydrogens (tertiary/aromatic N) is 1. The van der Waals surface area contributed by atoms with E-state index in [1.165, 1.54) is 0 Å². The van der Waals surface area contributed by atoms with Crippen molar-refractivity contribution >= 4 is 58.1 Å². The number of halogens is 3. The van der Waals surface area contributed by atoms with Gasteiger partial charge in [0.25, 0.3) is 0 Å². The maximum absolute atomic E-state index is 11.9. The van der Waals surface area contributed by atoms with Crippen molar-refractivity contribution in [3.8, 4) is 46.0 Å². The molecule has 0 saturated carbocycles. The number of rotatable bonds is 16. The molecule has 0 saturated heterocycles. The number of benzene rings is 7. The largest absolute Gasteiger partial charge is 0.478 e. The summed E-state index contributed by atoms with van der Waals surface area (Å²) in [4.78, 5) is 25.6. The van der Waals surface area contributed by atoms with Gasteiger partial charge in [-0.15, -0.1) is 0 Å². The summed E-state index contributed by atoms with van der Waals surface area (Å²) < 4.78 is 44.2. The molecule has 2 atom stereocenters. The molecule has 3 aliphatic rings. The predicted molar refractivity (Wildman–Crippen MR) is 258 cm³/mol. The molecule has 0 amide bonds. The minimum absolute atomic E-state index is 0.146. The van der Waals surface area contributed by atoms with Crippen LogP contribution in [0.2, 0.25) is 15.1 Å². The van der Waals surface area contributed by atoms with Crippen molar-refractivity contribution in [3.05, 3.63) is 188 Å². The molecule has 0 aromatic heterocycles. The highest BCUT2D eigenvalue weighted by Crippen LogP contribution is 2.41. The molecule has 10 rings (SSSR count). The zero-order chi connectivity index (χ0) is 47.9. The van der Waals surface area contributed by atoms with Crippen LogP contribution >= 0.6 is 34.8 Å². The molecular weight excluding hydrogens is 951 g/mol. The number of hydrogen-bond donors (Lipinski definition) is 3. The zero-order valence-electron chi connectivity index (χ0n) is 36.3. The molecular formula is C52H41Cl3N2O12. The number of ether oxygens (including phenoxy) is 8. The lowest BCUT2D eigenvalue weighted by Gasteiger charge is -2.27. The van der Waals surface area contributed by atoms with Crippen LogP contribution in [-0.2, 0) is 29.2 Å². The average Bonchev–Trinajstić information content (AvgIpc) is 4.14. The smallest absolute Gasteiger partial charge is 0.349 e. The molecule has 0 spiro atoms. The highest BCUT2D eigenvalue weighted by Gasteiger charge is 2.25. The Kier molecular flexibility index (Phi) is 14.2. The topological polar surface area (TPSA) is 164 Å². The molecule has 0 fully saturated rings. The molecule has 0 radical (unpaired) electrons. The summed E-state index contributed by atoms with van der Waals surface area (Å²) in [6, 6.07) is 42.8. The van der Waals surface area contributed by atoms with Crippen molar-refractivity contribution in [3.63, 3.8) is 0 Å². The molecule has 17 heteroatoms. The standard InChI is InChI=1S/C30H23Cl2NO7.C22H18ClNO5/c31-23-12-27-25(36-16-38-27)10-19(23)14-33(15-20-11-26-28(13-24(20)32)39-17-37-26)21-6-8-22(9-7-21)40-29(30(34)35)18-4-2-1-3-5-18;23-18-11-20-19(27-13-28-20)10-15(18)12-24-16-6-8-17(9-7-16)29-21(22(25)26)14-4-2-1-3-5-14/h1-13,29H,14-17H2,(H,34,35);1-11,21,24H,12-13H2,(H,25,26). The first kappa shape index (κ1) is 46.5. The summed E-state index contributed by atoms with van der Waals surface area (Å²) in [5, 5.41) is 24.2.